The van der Waals surface area contributed by atoms with Crippen LogP contribution in [0.2, 0.25) is 0 Å². The lowest BCUT2D eigenvalue weighted by atomic mass is 10.4. The highest BCUT2D eigenvalue weighted by molar-refractivity contribution is 9.13. The zero-order valence-corrected chi connectivity index (χ0v) is 12.8. The first-order valence-corrected chi connectivity index (χ1v) is 7.70. The van der Waals surface area contributed by atoms with Crippen LogP contribution < -0.4 is 5.32 Å². The van der Waals surface area contributed by atoms with E-state index in [9.17, 15) is 4.79 Å². The second kappa shape index (κ2) is 5.44. The molecule has 0 bridgehead atoms. The fourth-order valence-electron chi connectivity index (χ4n) is 1.13. The lowest BCUT2D eigenvalue weighted by Crippen LogP contribution is -2.21. The maximum absolute atomic E-state index is 11.8. The first kappa shape index (κ1) is 12.3. The van der Waals surface area contributed by atoms with Crippen molar-refractivity contribution in [3.05, 3.63) is 41.6 Å². The Labute approximate surface area is 118 Å². The van der Waals surface area contributed by atoms with Crippen LogP contribution in [0.25, 0.3) is 0 Å². The Kier molecular flexibility index (Phi) is 4.18. The van der Waals surface area contributed by atoms with Crippen molar-refractivity contribution >= 4 is 60.4 Å². The number of thiophene rings is 2. The molecule has 2 rings (SSSR count). The van der Waals surface area contributed by atoms with Gasteiger partial charge in [-0.25, -0.2) is 0 Å². The molecular weight excluding hydrogens is 374 g/mol. The number of amides is 1. The lowest BCUT2D eigenvalue weighted by molar-refractivity contribution is 0.0955. The molecule has 1 N–H and O–H groups in total. The van der Waals surface area contributed by atoms with Gasteiger partial charge in [0.15, 0.2) is 0 Å². The largest absolute Gasteiger partial charge is 0.346 e. The number of carbonyl (C=O) groups excluding carboxylic acids is 1. The molecular formula is C10H7Br2NOS2. The molecule has 1 amide bonds. The maximum atomic E-state index is 11.8. The van der Waals surface area contributed by atoms with Crippen LogP contribution >= 0.6 is 54.5 Å². The molecule has 0 aliphatic carbocycles. The van der Waals surface area contributed by atoms with Gasteiger partial charge in [0, 0.05) is 9.35 Å². The van der Waals surface area contributed by atoms with E-state index in [-0.39, 0.29) is 5.91 Å². The van der Waals surface area contributed by atoms with Gasteiger partial charge in [0.25, 0.3) is 5.91 Å². The molecule has 2 aromatic heterocycles. The van der Waals surface area contributed by atoms with Crippen LogP contribution in [0.4, 0.5) is 0 Å². The minimum Gasteiger partial charge on any atom is -0.346 e. The quantitative estimate of drug-likeness (QED) is 0.846. The summed E-state index contributed by atoms with van der Waals surface area (Å²) in [6, 6.07) is 5.80. The molecule has 2 aromatic rings. The number of carbonyl (C=O) groups is 1. The zero-order valence-electron chi connectivity index (χ0n) is 8.00. The summed E-state index contributed by atoms with van der Waals surface area (Å²) in [6.07, 6.45) is 0. The van der Waals surface area contributed by atoms with E-state index in [2.05, 4.69) is 37.2 Å². The van der Waals surface area contributed by atoms with Crippen molar-refractivity contribution in [1.82, 2.24) is 5.32 Å². The van der Waals surface area contributed by atoms with Gasteiger partial charge in [0.1, 0.15) is 0 Å². The van der Waals surface area contributed by atoms with E-state index >= 15 is 0 Å². The molecule has 0 unspecified atom stereocenters. The molecule has 0 saturated carbocycles. The summed E-state index contributed by atoms with van der Waals surface area (Å²) in [5.74, 6) is -0.0372. The fourth-order valence-corrected chi connectivity index (χ4v) is 3.72. The van der Waals surface area contributed by atoms with Crippen molar-refractivity contribution in [3.63, 3.8) is 0 Å². The molecule has 2 nitrogen and oxygen atoms in total. The normalized spacial score (nSPS) is 10.4. The topological polar surface area (TPSA) is 29.1 Å². The van der Waals surface area contributed by atoms with Crippen molar-refractivity contribution in [3.8, 4) is 0 Å². The molecule has 6 heteroatoms. The SMILES string of the molecule is O=C(NCc1cccs1)c1cc(Br)c(Br)s1. The monoisotopic (exact) mass is 379 g/mol. The van der Waals surface area contributed by atoms with Crippen LogP contribution in [-0.4, -0.2) is 5.91 Å². The average molecular weight is 381 g/mol. The minimum atomic E-state index is -0.0372. The predicted octanol–water partition coefficient (Wildman–Crippen LogP) is 4.26. The van der Waals surface area contributed by atoms with Gasteiger partial charge in [-0.05, 0) is 49.4 Å². The van der Waals surface area contributed by atoms with Gasteiger partial charge < -0.3 is 5.32 Å². The van der Waals surface area contributed by atoms with E-state index < -0.39 is 0 Å². The Morgan fingerprint density at radius 3 is 2.81 bits per heavy atom. The molecule has 2 heterocycles. The van der Waals surface area contributed by atoms with Crippen LogP contribution in [0.5, 0.6) is 0 Å². The molecule has 0 aliphatic rings. The molecule has 0 atom stereocenters. The summed E-state index contributed by atoms with van der Waals surface area (Å²) in [6.45, 7) is 0.587. The number of halogens is 2. The molecule has 84 valence electrons. The van der Waals surface area contributed by atoms with E-state index in [0.29, 0.717) is 11.4 Å². The predicted molar refractivity (Wildman–Crippen MR) is 75.2 cm³/mol. The Morgan fingerprint density at radius 1 is 1.44 bits per heavy atom. The summed E-state index contributed by atoms with van der Waals surface area (Å²) < 4.78 is 1.85. The highest BCUT2D eigenvalue weighted by Crippen LogP contribution is 2.32. The second-order valence-corrected chi connectivity index (χ2v) is 7.25. The smallest absolute Gasteiger partial charge is 0.261 e. The van der Waals surface area contributed by atoms with Crippen LogP contribution in [-0.2, 0) is 6.54 Å². The fraction of sp³-hybridized carbons (Fsp3) is 0.100. The zero-order chi connectivity index (χ0) is 11.5. The van der Waals surface area contributed by atoms with E-state index in [1.54, 1.807) is 11.3 Å². The summed E-state index contributed by atoms with van der Waals surface area (Å²) in [5, 5.41) is 4.88. The van der Waals surface area contributed by atoms with Gasteiger partial charge >= 0.3 is 0 Å². The van der Waals surface area contributed by atoms with E-state index in [4.69, 9.17) is 0 Å². The maximum Gasteiger partial charge on any atom is 0.261 e. The van der Waals surface area contributed by atoms with Gasteiger partial charge in [-0.1, -0.05) is 6.07 Å². The highest BCUT2D eigenvalue weighted by Gasteiger charge is 2.11. The Morgan fingerprint density at radius 2 is 2.25 bits per heavy atom. The first-order valence-electron chi connectivity index (χ1n) is 4.42. The molecule has 0 saturated heterocycles. The Hall–Kier alpha value is -0.170. The number of rotatable bonds is 3. The third-order valence-electron chi connectivity index (χ3n) is 1.87. The summed E-state index contributed by atoms with van der Waals surface area (Å²) >= 11 is 9.79. The number of nitrogens with one attached hydrogen (secondary N) is 1. The van der Waals surface area contributed by atoms with Gasteiger partial charge in [0.2, 0.25) is 0 Å². The summed E-state index contributed by atoms with van der Waals surface area (Å²) in [7, 11) is 0. The highest BCUT2D eigenvalue weighted by atomic mass is 79.9. The van der Waals surface area contributed by atoms with Crippen LogP contribution in [0.15, 0.2) is 31.8 Å². The standard InChI is InChI=1S/C10H7Br2NOS2/c11-7-4-8(16-9(7)12)10(14)13-5-6-2-1-3-15-6/h1-4H,5H2,(H,13,14). The number of hydrogen-bond acceptors (Lipinski definition) is 3. The van der Waals surface area contributed by atoms with E-state index in [1.807, 2.05) is 23.6 Å². The molecule has 0 radical (unpaired) electrons. The van der Waals surface area contributed by atoms with Crippen molar-refractivity contribution in [2.24, 2.45) is 0 Å². The molecule has 0 fully saturated rings. The van der Waals surface area contributed by atoms with Crippen LogP contribution in [0.1, 0.15) is 14.5 Å². The third kappa shape index (κ3) is 2.94. The summed E-state index contributed by atoms with van der Waals surface area (Å²) in [4.78, 5) is 13.6. The molecule has 0 aromatic carbocycles. The molecule has 0 aliphatic heterocycles. The van der Waals surface area contributed by atoms with E-state index in [0.717, 1.165) is 13.1 Å². The first-order chi connectivity index (χ1) is 7.66. The number of hydrogen-bond donors (Lipinski definition) is 1. The Balaban J connectivity index is 1.98. The Bertz CT molecular complexity index is 473. The van der Waals surface area contributed by atoms with E-state index in [1.165, 1.54) is 11.3 Å². The van der Waals surface area contributed by atoms with Crippen LogP contribution in [0.3, 0.4) is 0 Å². The third-order valence-corrected chi connectivity index (χ3v) is 6.00. The lowest BCUT2D eigenvalue weighted by Gasteiger charge is -2.00. The second-order valence-electron chi connectivity index (χ2n) is 2.99. The van der Waals surface area contributed by atoms with Crippen molar-refractivity contribution in [2.75, 3.05) is 0 Å². The van der Waals surface area contributed by atoms with Gasteiger partial charge in [0.05, 0.1) is 15.2 Å². The molecule has 0 spiro atoms. The van der Waals surface area contributed by atoms with Crippen molar-refractivity contribution in [1.29, 1.82) is 0 Å². The minimum absolute atomic E-state index is 0.0372. The van der Waals surface area contributed by atoms with Crippen molar-refractivity contribution < 1.29 is 4.79 Å². The van der Waals surface area contributed by atoms with Gasteiger partial charge in [-0.15, -0.1) is 22.7 Å². The molecule has 16 heavy (non-hydrogen) atoms. The van der Waals surface area contributed by atoms with Crippen LogP contribution in [0, 0.1) is 0 Å². The van der Waals surface area contributed by atoms with Gasteiger partial charge in [-0.2, -0.15) is 0 Å². The summed E-state index contributed by atoms with van der Waals surface area (Å²) in [5.41, 5.74) is 0. The van der Waals surface area contributed by atoms with Crippen molar-refractivity contribution in [2.45, 2.75) is 6.54 Å². The average Bonchev–Trinajstić information content (AvgIpc) is 2.86. The van der Waals surface area contributed by atoms with Gasteiger partial charge in [-0.3, -0.25) is 4.79 Å².